The summed E-state index contributed by atoms with van der Waals surface area (Å²) >= 11 is 0. The van der Waals surface area contributed by atoms with Crippen LogP contribution in [0.5, 0.6) is 0 Å². The third-order valence-electron chi connectivity index (χ3n) is 4.31. The van der Waals surface area contributed by atoms with E-state index in [2.05, 4.69) is 5.32 Å². The van der Waals surface area contributed by atoms with Gasteiger partial charge in [-0.15, -0.1) is 0 Å². The molecule has 1 aliphatic rings. The molecule has 2 aromatic rings. The summed E-state index contributed by atoms with van der Waals surface area (Å²) in [6, 6.07) is 10.4. The quantitative estimate of drug-likeness (QED) is 0.721. The summed E-state index contributed by atoms with van der Waals surface area (Å²) in [6.45, 7) is 3.11. The third kappa shape index (κ3) is 4.48. The summed E-state index contributed by atoms with van der Waals surface area (Å²) in [6.07, 6.45) is 2.58. The molecular formula is C19H22N2O4. The van der Waals surface area contributed by atoms with Gasteiger partial charge in [0, 0.05) is 25.1 Å². The highest BCUT2D eigenvalue weighted by atomic mass is 16.4. The minimum Gasteiger partial charge on any atom is -0.478 e. The number of amides is 1. The van der Waals surface area contributed by atoms with Gasteiger partial charge in [-0.25, -0.2) is 4.79 Å². The largest absolute Gasteiger partial charge is 0.478 e. The Morgan fingerprint density at radius 3 is 2.92 bits per heavy atom. The molecule has 0 radical (unpaired) electrons. The number of nitrogens with one attached hydrogen (secondary N) is 1. The number of carbonyl (C=O) groups is 2. The van der Waals surface area contributed by atoms with Gasteiger partial charge in [-0.05, 0) is 43.7 Å². The lowest BCUT2D eigenvalue weighted by Crippen LogP contribution is -2.28. The normalized spacial score (nSPS) is 14.2. The zero-order chi connectivity index (χ0) is 17.6. The van der Waals surface area contributed by atoms with Crippen LogP contribution in [0, 0.1) is 0 Å². The van der Waals surface area contributed by atoms with Crippen molar-refractivity contribution in [3.63, 3.8) is 0 Å². The number of benzene rings is 1. The van der Waals surface area contributed by atoms with E-state index in [-0.39, 0.29) is 11.5 Å². The second kappa shape index (κ2) is 7.98. The predicted molar refractivity (Wildman–Crippen MR) is 93.2 cm³/mol. The second-order valence-electron chi connectivity index (χ2n) is 6.17. The predicted octanol–water partition coefficient (Wildman–Crippen LogP) is 2.75. The summed E-state index contributed by atoms with van der Waals surface area (Å²) in [5.41, 5.74) is 0.990. The lowest BCUT2D eigenvalue weighted by atomic mass is 10.1. The lowest BCUT2D eigenvalue weighted by Gasteiger charge is -2.15. The summed E-state index contributed by atoms with van der Waals surface area (Å²) in [5.74, 6) is 0.765. The first-order valence-electron chi connectivity index (χ1n) is 8.54. The van der Waals surface area contributed by atoms with E-state index in [1.165, 1.54) is 0 Å². The molecule has 1 saturated heterocycles. The smallest absolute Gasteiger partial charge is 0.335 e. The van der Waals surface area contributed by atoms with Crippen LogP contribution in [-0.4, -0.2) is 41.5 Å². The highest BCUT2D eigenvalue weighted by Crippen LogP contribution is 2.23. The van der Waals surface area contributed by atoms with Crippen molar-refractivity contribution in [2.24, 2.45) is 0 Å². The minimum atomic E-state index is -0.952. The second-order valence-corrected chi connectivity index (χ2v) is 6.17. The Hall–Kier alpha value is -2.60. The summed E-state index contributed by atoms with van der Waals surface area (Å²) in [4.78, 5) is 24.5. The van der Waals surface area contributed by atoms with E-state index in [9.17, 15) is 9.59 Å². The molecule has 132 valence electrons. The van der Waals surface area contributed by atoms with Crippen LogP contribution in [0.1, 0.15) is 35.4 Å². The number of hydrogen-bond donors (Lipinski definition) is 2. The van der Waals surface area contributed by atoms with Crippen LogP contribution in [0.2, 0.25) is 0 Å². The van der Waals surface area contributed by atoms with Gasteiger partial charge in [-0.1, -0.05) is 12.1 Å². The van der Waals surface area contributed by atoms with Crippen LogP contribution in [0.15, 0.2) is 40.8 Å². The van der Waals surface area contributed by atoms with Gasteiger partial charge < -0.3 is 19.7 Å². The molecule has 0 unspecified atom stereocenters. The molecule has 1 aromatic heterocycles. The van der Waals surface area contributed by atoms with E-state index in [0.717, 1.165) is 43.8 Å². The Kier molecular flexibility index (Phi) is 5.50. The van der Waals surface area contributed by atoms with Gasteiger partial charge in [-0.2, -0.15) is 0 Å². The number of rotatable bonds is 8. The topological polar surface area (TPSA) is 82.8 Å². The van der Waals surface area contributed by atoms with E-state index in [4.69, 9.17) is 9.52 Å². The molecule has 0 aliphatic carbocycles. The number of hydrogen-bond acceptors (Lipinski definition) is 4. The number of nitrogens with zero attached hydrogens (tertiary/aromatic N) is 1. The van der Waals surface area contributed by atoms with Crippen molar-refractivity contribution < 1.29 is 19.1 Å². The van der Waals surface area contributed by atoms with E-state index in [1.54, 1.807) is 18.2 Å². The molecule has 6 heteroatoms. The molecule has 1 aromatic carbocycles. The van der Waals surface area contributed by atoms with Crippen LogP contribution in [-0.2, 0) is 11.3 Å². The first kappa shape index (κ1) is 17.2. The maximum absolute atomic E-state index is 11.5. The third-order valence-corrected chi connectivity index (χ3v) is 4.31. The van der Waals surface area contributed by atoms with E-state index >= 15 is 0 Å². The standard InChI is InChI=1S/C19H22N2O4/c22-18-6-2-10-21(18)11-3-9-20-13-16-7-8-17(25-16)14-4-1-5-15(12-14)19(23)24/h1,4-5,7-8,12,20H,2-3,6,9-11,13H2,(H,23,24). The van der Waals surface area contributed by atoms with E-state index < -0.39 is 5.97 Å². The number of carbonyl (C=O) groups excluding carboxylic acids is 1. The highest BCUT2D eigenvalue weighted by molar-refractivity contribution is 5.89. The van der Waals surface area contributed by atoms with Crippen LogP contribution in [0.4, 0.5) is 0 Å². The number of carboxylic acid groups (broad SMARTS) is 1. The van der Waals surface area contributed by atoms with Crippen molar-refractivity contribution in [1.82, 2.24) is 10.2 Å². The molecule has 1 fully saturated rings. The Morgan fingerprint density at radius 1 is 1.28 bits per heavy atom. The van der Waals surface area contributed by atoms with Gasteiger partial charge in [0.2, 0.25) is 5.91 Å². The number of carboxylic acids is 1. The van der Waals surface area contributed by atoms with E-state index in [1.807, 2.05) is 23.1 Å². The average Bonchev–Trinajstić information content (AvgIpc) is 3.24. The number of aromatic carboxylic acids is 1. The molecule has 0 spiro atoms. The molecule has 2 heterocycles. The lowest BCUT2D eigenvalue weighted by molar-refractivity contribution is -0.127. The van der Waals surface area contributed by atoms with Gasteiger partial charge in [0.25, 0.3) is 0 Å². The molecular weight excluding hydrogens is 320 g/mol. The molecule has 25 heavy (non-hydrogen) atoms. The molecule has 0 bridgehead atoms. The molecule has 0 atom stereocenters. The minimum absolute atomic E-state index is 0.241. The Bertz CT molecular complexity index is 753. The Balaban J connectivity index is 1.46. The molecule has 1 aliphatic heterocycles. The van der Waals surface area contributed by atoms with Crippen molar-refractivity contribution in [1.29, 1.82) is 0 Å². The van der Waals surface area contributed by atoms with Gasteiger partial charge in [0.05, 0.1) is 12.1 Å². The zero-order valence-corrected chi connectivity index (χ0v) is 14.0. The Morgan fingerprint density at radius 2 is 2.16 bits per heavy atom. The summed E-state index contributed by atoms with van der Waals surface area (Å²) in [7, 11) is 0. The van der Waals surface area contributed by atoms with Crippen molar-refractivity contribution in [2.75, 3.05) is 19.6 Å². The van der Waals surface area contributed by atoms with Gasteiger partial charge in [0.15, 0.2) is 0 Å². The van der Waals surface area contributed by atoms with Crippen LogP contribution in [0.25, 0.3) is 11.3 Å². The summed E-state index contributed by atoms with van der Waals surface area (Å²) < 4.78 is 5.78. The number of furan rings is 1. The molecule has 2 N–H and O–H groups in total. The van der Waals surface area contributed by atoms with Crippen LogP contribution >= 0.6 is 0 Å². The Labute approximate surface area is 146 Å². The summed E-state index contributed by atoms with van der Waals surface area (Å²) in [5, 5.41) is 12.4. The maximum atomic E-state index is 11.5. The first-order chi connectivity index (χ1) is 12.1. The van der Waals surface area contributed by atoms with Crippen molar-refractivity contribution in [3.8, 4) is 11.3 Å². The van der Waals surface area contributed by atoms with Crippen molar-refractivity contribution in [3.05, 3.63) is 47.7 Å². The first-order valence-corrected chi connectivity index (χ1v) is 8.54. The highest BCUT2D eigenvalue weighted by Gasteiger charge is 2.18. The van der Waals surface area contributed by atoms with Gasteiger partial charge >= 0.3 is 5.97 Å². The van der Waals surface area contributed by atoms with Gasteiger partial charge in [0.1, 0.15) is 11.5 Å². The fourth-order valence-electron chi connectivity index (χ4n) is 2.98. The SMILES string of the molecule is O=C(O)c1cccc(-c2ccc(CNCCCN3CCCC3=O)o2)c1. The fourth-order valence-corrected chi connectivity index (χ4v) is 2.98. The molecule has 0 saturated carbocycles. The molecule has 3 rings (SSSR count). The molecule has 1 amide bonds. The van der Waals surface area contributed by atoms with Crippen molar-refractivity contribution in [2.45, 2.75) is 25.8 Å². The average molecular weight is 342 g/mol. The van der Waals surface area contributed by atoms with Crippen LogP contribution < -0.4 is 5.32 Å². The monoisotopic (exact) mass is 342 g/mol. The van der Waals surface area contributed by atoms with Gasteiger partial charge in [-0.3, -0.25) is 4.79 Å². The van der Waals surface area contributed by atoms with Crippen molar-refractivity contribution >= 4 is 11.9 Å². The van der Waals surface area contributed by atoms with Crippen LogP contribution in [0.3, 0.4) is 0 Å². The molecule has 6 nitrogen and oxygen atoms in total. The maximum Gasteiger partial charge on any atom is 0.335 e. The zero-order valence-electron chi connectivity index (χ0n) is 14.0. The number of likely N-dealkylation sites (tertiary alicyclic amines) is 1. The van der Waals surface area contributed by atoms with E-state index in [0.29, 0.717) is 18.7 Å². The fraction of sp³-hybridized carbons (Fsp3) is 0.368.